The molecule has 0 fully saturated rings. The molecule has 1 atom stereocenters. The fraction of sp³-hybridized carbons (Fsp3) is 0.571. The monoisotopic (exact) mass is 237 g/mol. The van der Waals surface area contributed by atoms with Crippen LogP contribution in [0.5, 0.6) is 0 Å². The van der Waals surface area contributed by atoms with Gasteiger partial charge in [-0.3, -0.25) is 0 Å². The van der Waals surface area contributed by atoms with E-state index in [-0.39, 0.29) is 0 Å². The van der Waals surface area contributed by atoms with Gasteiger partial charge < -0.3 is 4.90 Å². The van der Waals surface area contributed by atoms with Gasteiger partial charge in [-0.1, -0.05) is 20.3 Å². The van der Waals surface area contributed by atoms with Gasteiger partial charge in [0, 0.05) is 23.7 Å². The molecule has 2 heteroatoms. The van der Waals surface area contributed by atoms with E-state index in [9.17, 15) is 0 Å². The van der Waals surface area contributed by atoms with Crippen LogP contribution in [0, 0.1) is 5.92 Å². The molecule has 1 unspecified atom stereocenters. The normalized spacial score (nSPS) is 12.5. The average molecular weight is 237 g/mol. The van der Waals surface area contributed by atoms with Crippen molar-refractivity contribution in [2.45, 2.75) is 38.5 Å². The van der Waals surface area contributed by atoms with E-state index in [1.54, 1.807) is 0 Å². The van der Waals surface area contributed by atoms with Crippen LogP contribution >= 0.6 is 12.6 Å². The van der Waals surface area contributed by atoms with Crippen molar-refractivity contribution in [2.75, 3.05) is 18.0 Å². The molecular formula is C14H23NS. The molecule has 0 N–H and O–H groups in total. The Bertz CT molecular complexity index is 294. The van der Waals surface area contributed by atoms with Gasteiger partial charge in [-0.2, -0.15) is 0 Å². The third-order valence-corrected chi connectivity index (χ3v) is 3.21. The summed E-state index contributed by atoms with van der Waals surface area (Å²) in [5, 5.41) is 0. The molecule has 16 heavy (non-hydrogen) atoms. The zero-order valence-electron chi connectivity index (χ0n) is 10.6. The summed E-state index contributed by atoms with van der Waals surface area (Å²) >= 11 is 4.31. The summed E-state index contributed by atoms with van der Waals surface area (Å²) in [5.74, 6) is 0.764. The lowest BCUT2D eigenvalue weighted by Crippen LogP contribution is -2.28. The highest BCUT2D eigenvalue weighted by Gasteiger charge is 2.08. The van der Waals surface area contributed by atoms with Crippen molar-refractivity contribution < 1.29 is 0 Å². The number of thiol groups is 1. The average Bonchev–Trinajstić information content (AvgIpc) is 2.27. The Balaban J connectivity index is 2.63. The number of rotatable bonds is 6. The van der Waals surface area contributed by atoms with Gasteiger partial charge in [0.2, 0.25) is 0 Å². The number of hydrogen-bond donors (Lipinski definition) is 1. The smallest absolute Gasteiger partial charge is 0.0366 e. The number of benzene rings is 1. The number of anilines is 1. The molecule has 0 aliphatic carbocycles. The predicted octanol–water partition coefficient (Wildman–Crippen LogP) is 4.24. The molecule has 0 saturated heterocycles. The van der Waals surface area contributed by atoms with Gasteiger partial charge in [0.15, 0.2) is 0 Å². The fourth-order valence-electron chi connectivity index (χ4n) is 2.04. The van der Waals surface area contributed by atoms with E-state index in [1.165, 1.54) is 18.5 Å². The second-order valence-electron chi connectivity index (χ2n) is 4.45. The van der Waals surface area contributed by atoms with E-state index in [0.717, 1.165) is 23.9 Å². The SMILES string of the molecule is CCCC(C)CN(CC)c1ccc(S)cc1. The molecule has 0 amide bonds. The van der Waals surface area contributed by atoms with E-state index >= 15 is 0 Å². The minimum absolute atomic E-state index is 0.764. The standard InChI is InChI=1S/C14H23NS/c1-4-6-12(3)11-15(5-2)13-7-9-14(16)10-8-13/h7-10,12,16H,4-6,11H2,1-3H3. The summed E-state index contributed by atoms with van der Waals surface area (Å²) in [5.41, 5.74) is 1.31. The van der Waals surface area contributed by atoms with Gasteiger partial charge in [0.05, 0.1) is 0 Å². The Morgan fingerprint density at radius 2 is 1.81 bits per heavy atom. The molecule has 0 bridgehead atoms. The highest BCUT2D eigenvalue weighted by molar-refractivity contribution is 7.80. The van der Waals surface area contributed by atoms with Crippen LogP contribution in [0.3, 0.4) is 0 Å². The van der Waals surface area contributed by atoms with Gasteiger partial charge in [0.1, 0.15) is 0 Å². The first-order chi connectivity index (χ1) is 7.67. The van der Waals surface area contributed by atoms with Crippen LogP contribution in [0.4, 0.5) is 5.69 Å². The molecule has 1 nitrogen and oxygen atoms in total. The first-order valence-corrected chi connectivity index (χ1v) is 6.66. The molecule has 0 saturated carbocycles. The Morgan fingerprint density at radius 3 is 2.31 bits per heavy atom. The van der Waals surface area contributed by atoms with Gasteiger partial charge in [-0.15, -0.1) is 12.6 Å². The Kier molecular flexibility index (Phi) is 5.75. The number of hydrogen-bond acceptors (Lipinski definition) is 2. The van der Waals surface area contributed by atoms with E-state index in [2.05, 4.69) is 62.6 Å². The maximum absolute atomic E-state index is 4.31. The van der Waals surface area contributed by atoms with Crippen LogP contribution in [0.1, 0.15) is 33.6 Å². The van der Waals surface area contributed by atoms with Crippen molar-refractivity contribution in [3.63, 3.8) is 0 Å². The minimum Gasteiger partial charge on any atom is -0.372 e. The summed E-state index contributed by atoms with van der Waals surface area (Å²) in [4.78, 5) is 3.47. The van der Waals surface area contributed by atoms with Gasteiger partial charge >= 0.3 is 0 Å². The van der Waals surface area contributed by atoms with Crippen LogP contribution in [0.15, 0.2) is 29.2 Å². The third kappa shape index (κ3) is 4.09. The highest BCUT2D eigenvalue weighted by Crippen LogP contribution is 2.19. The number of nitrogens with zero attached hydrogens (tertiary/aromatic N) is 1. The second-order valence-corrected chi connectivity index (χ2v) is 4.97. The Morgan fingerprint density at radius 1 is 1.19 bits per heavy atom. The topological polar surface area (TPSA) is 3.24 Å². The summed E-state index contributed by atoms with van der Waals surface area (Å²) < 4.78 is 0. The van der Waals surface area contributed by atoms with Gasteiger partial charge in [-0.25, -0.2) is 0 Å². The van der Waals surface area contributed by atoms with Crippen LogP contribution in [0.2, 0.25) is 0 Å². The molecule has 0 heterocycles. The molecule has 90 valence electrons. The lowest BCUT2D eigenvalue weighted by atomic mass is 10.1. The molecular weight excluding hydrogens is 214 g/mol. The van der Waals surface area contributed by atoms with Crippen molar-refractivity contribution in [2.24, 2.45) is 5.92 Å². The molecule has 1 rings (SSSR count). The Labute approximate surface area is 105 Å². The maximum atomic E-state index is 4.31. The lowest BCUT2D eigenvalue weighted by molar-refractivity contribution is 0.515. The summed E-state index contributed by atoms with van der Waals surface area (Å²) in [7, 11) is 0. The van der Waals surface area contributed by atoms with Crippen molar-refractivity contribution in [1.82, 2.24) is 0 Å². The lowest BCUT2D eigenvalue weighted by Gasteiger charge is -2.26. The third-order valence-electron chi connectivity index (χ3n) is 2.91. The quantitative estimate of drug-likeness (QED) is 0.724. The zero-order chi connectivity index (χ0) is 12.0. The maximum Gasteiger partial charge on any atom is 0.0366 e. The zero-order valence-corrected chi connectivity index (χ0v) is 11.5. The largest absolute Gasteiger partial charge is 0.372 e. The van der Waals surface area contributed by atoms with Crippen LogP contribution in [-0.2, 0) is 0 Å². The molecule has 0 spiro atoms. The molecule has 1 aromatic rings. The summed E-state index contributed by atoms with van der Waals surface area (Å²) in [6.45, 7) is 9.02. The van der Waals surface area contributed by atoms with Crippen molar-refractivity contribution >= 4 is 18.3 Å². The molecule has 0 aliphatic rings. The van der Waals surface area contributed by atoms with Crippen LogP contribution < -0.4 is 4.90 Å². The predicted molar refractivity (Wildman–Crippen MR) is 75.7 cm³/mol. The van der Waals surface area contributed by atoms with Crippen molar-refractivity contribution in [1.29, 1.82) is 0 Å². The van der Waals surface area contributed by atoms with E-state index in [4.69, 9.17) is 0 Å². The summed E-state index contributed by atoms with van der Waals surface area (Å²) in [6, 6.07) is 8.44. The molecule has 0 aromatic heterocycles. The first-order valence-electron chi connectivity index (χ1n) is 6.21. The molecule has 0 radical (unpaired) electrons. The highest BCUT2D eigenvalue weighted by atomic mass is 32.1. The minimum atomic E-state index is 0.764. The van der Waals surface area contributed by atoms with E-state index in [1.807, 2.05) is 0 Å². The van der Waals surface area contributed by atoms with E-state index < -0.39 is 0 Å². The van der Waals surface area contributed by atoms with Crippen LogP contribution in [0.25, 0.3) is 0 Å². The van der Waals surface area contributed by atoms with Gasteiger partial charge in [0.25, 0.3) is 0 Å². The molecule has 0 aliphatic heterocycles. The fourth-order valence-corrected chi connectivity index (χ4v) is 2.19. The van der Waals surface area contributed by atoms with Crippen molar-refractivity contribution in [3.05, 3.63) is 24.3 Å². The summed E-state index contributed by atoms with van der Waals surface area (Å²) in [6.07, 6.45) is 2.58. The van der Waals surface area contributed by atoms with Gasteiger partial charge in [-0.05, 0) is 43.5 Å². The second kappa shape index (κ2) is 6.85. The van der Waals surface area contributed by atoms with Crippen LogP contribution in [-0.4, -0.2) is 13.1 Å². The molecule has 1 aromatic carbocycles. The van der Waals surface area contributed by atoms with E-state index in [0.29, 0.717) is 0 Å². The van der Waals surface area contributed by atoms with Crippen molar-refractivity contribution in [3.8, 4) is 0 Å². The first kappa shape index (κ1) is 13.4. The Hall–Kier alpha value is -0.630.